The number of hydrogen-bond donors (Lipinski definition) is 0. The van der Waals surface area contributed by atoms with Gasteiger partial charge in [0, 0.05) is 0 Å². The summed E-state index contributed by atoms with van der Waals surface area (Å²) >= 11 is 1.54. The summed E-state index contributed by atoms with van der Waals surface area (Å²) in [6, 6.07) is 1.93. The molecule has 12 heavy (non-hydrogen) atoms. The zero-order chi connectivity index (χ0) is 8.55. The maximum atomic E-state index is 4.14. The van der Waals surface area contributed by atoms with E-state index in [1.165, 1.54) is 11.8 Å². The minimum Gasteiger partial charge on any atom is -0.206 e. The molecule has 0 unspecified atom stereocenters. The molecule has 0 saturated heterocycles. The van der Waals surface area contributed by atoms with Crippen molar-refractivity contribution < 1.29 is 0 Å². The Bertz CT molecular complexity index is 409. The van der Waals surface area contributed by atoms with E-state index in [9.17, 15) is 0 Å². The van der Waals surface area contributed by atoms with Crippen molar-refractivity contribution in [2.45, 2.75) is 12.1 Å². The molecule has 0 aliphatic rings. The molecule has 0 fully saturated rings. The molecule has 0 atom stereocenters. The van der Waals surface area contributed by atoms with Gasteiger partial charge in [-0.05, 0) is 19.2 Å². The summed E-state index contributed by atoms with van der Waals surface area (Å²) in [5, 5.41) is 13.0. The Morgan fingerprint density at radius 3 is 3.00 bits per heavy atom. The van der Waals surface area contributed by atoms with Crippen LogP contribution in [0.2, 0.25) is 0 Å². The fourth-order valence-corrected chi connectivity index (χ4v) is 1.51. The van der Waals surface area contributed by atoms with Crippen LogP contribution in [0.1, 0.15) is 5.69 Å². The Balaban J connectivity index is 2.82. The molecule has 0 N–H and O–H groups in total. The van der Waals surface area contributed by atoms with Gasteiger partial charge in [0.1, 0.15) is 0 Å². The summed E-state index contributed by atoms with van der Waals surface area (Å²) in [5.41, 5.74) is 1.93. The molecule has 2 heterocycles. The molecule has 0 aromatic carbocycles. The van der Waals surface area contributed by atoms with Gasteiger partial charge in [-0.1, -0.05) is 11.8 Å². The first-order chi connectivity index (χ1) is 5.83. The number of thioether (sulfide) groups is 1. The third kappa shape index (κ3) is 0.972. The number of aromatic nitrogens is 4. The van der Waals surface area contributed by atoms with E-state index in [1.807, 2.05) is 19.2 Å². The predicted molar refractivity (Wildman–Crippen MR) is 47.3 cm³/mol. The number of nitrogens with zero attached hydrogens (tertiary/aromatic N) is 4. The summed E-state index contributed by atoms with van der Waals surface area (Å²) in [5.74, 6) is 0. The van der Waals surface area contributed by atoms with Gasteiger partial charge in [-0.15, -0.1) is 5.10 Å². The highest BCUT2D eigenvalue weighted by atomic mass is 32.2. The maximum Gasteiger partial charge on any atom is 0.210 e. The molecule has 0 spiro atoms. The third-order valence-corrected chi connectivity index (χ3v) is 2.28. The molecule has 62 valence electrons. The van der Waals surface area contributed by atoms with Crippen molar-refractivity contribution in [3.05, 3.63) is 18.0 Å². The van der Waals surface area contributed by atoms with Crippen molar-refractivity contribution in [3.63, 3.8) is 0 Å². The summed E-state index contributed by atoms with van der Waals surface area (Å²) in [4.78, 5) is 0. The van der Waals surface area contributed by atoms with Crippen LogP contribution in [-0.4, -0.2) is 26.1 Å². The largest absolute Gasteiger partial charge is 0.210 e. The van der Waals surface area contributed by atoms with Crippen LogP contribution in [0.4, 0.5) is 0 Å². The highest BCUT2D eigenvalue weighted by molar-refractivity contribution is 7.98. The van der Waals surface area contributed by atoms with E-state index >= 15 is 0 Å². The molecule has 0 bridgehead atoms. The smallest absolute Gasteiger partial charge is 0.206 e. The summed E-state index contributed by atoms with van der Waals surface area (Å²) in [6.07, 6.45) is 3.71. The van der Waals surface area contributed by atoms with Gasteiger partial charge in [-0.2, -0.15) is 10.2 Å². The van der Waals surface area contributed by atoms with E-state index in [4.69, 9.17) is 0 Å². The average molecular weight is 180 g/mol. The van der Waals surface area contributed by atoms with Crippen molar-refractivity contribution in [2.75, 3.05) is 6.26 Å². The van der Waals surface area contributed by atoms with Crippen LogP contribution in [-0.2, 0) is 0 Å². The van der Waals surface area contributed by atoms with Crippen LogP contribution in [0.15, 0.2) is 17.4 Å². The molecule has 0 aliphatic carbocycles. The average Bonchev–Trinajstić information content (AvgIpc) is 2.54. The van der Waals surface area contributed by atoms with Crippen LogP contribution < -0.4 is 0 Å². The fourth-order valence-electron chi connectivity index (χ4n) is 1.07. The number of rotatable bonds is 1. The van der Waals surface area contributed by atoms with Crippen molar-refractivity contribution in [1.29, 1.82) is 0 Å². The lowest BCUT2D eigenvalue weighted by molar-refractivity contribution is 0.728. The molecule has 0 aliphatic heterocycles. The molecule has 2 rings (SSSR count). The monoisotopic (exact) mass is 180 g/mol. The van der Waals surface area contributed by atoms with Gasteiger partial charge in [0.15, 0.2) is 0 Å². The Hall–Kier alpha value is -1.10. The lowest BCUT2D eigenvalue weighted by Crippen LogP contribution is -2.00. The summed E-state index contributed by atoms with van der Waals surface area (Å²) < 4.78 is 1.80. The number of hydrogen-bond acceptors (Lipinski definition) is 4. The van der Waals surface area contributed by atoms with Gasteiger partial charge in [-0.25, -0.2) is 4.52 Å². The molecule has 0 amide bonds. The van der Waals surface area contributed by atoms with E-state index < -0.39 is 0 Å². The fraction of sp³-hybridized carbons (Fsp3) is 0.286. The van der Waals surface area contributed by atoms with Gasteiger partial charge in [0.05, 0.1) is 17.4 Å². The van der Waals surface area contributed by atoms with Gasteiger partial charge < -0.3 is 0 Å². The standard InChI is InChI=1S/C7H8N4S/c1-5-6-3-4-8-11(6)7(12-2)10-9-5/h3-4H,1-2H3. The Morgan fingerprint density at radius 2 is 2.25 bits per heavy atom. The summed E-state index contributed by atoms with van der Waals surface area (Å²) in [6.45, 7) is 1.92. The topological polar surface area (TPSA) is 43.1 Å². The highest BCUT2D eigenvalue weighted by Gasteiger charge is 2.04. The molecule has 5 heteroatoms. The quantitative estimate of drug-likeness (QED) is 0.617. The first kappa shape index (κ1) is 7.54. The highest BCUT2D eigenvalue weighted by Crippen LogP contribution is 2.13. The van der Waals surface area contributed by atoms with Crippen LogP contribution in [0.5, 0.6) is 0 Å². The second-order valence-corrected chi connectivity index (χ2v) is 3.17. The van der Waals surface area contributed by atoms with Crippen LogP contribution in [0.25, 0.3) is 5.52 Å². The van der Waals surface area contributed by atoms with Crippen LogP contribution in [0.3, 0.4) is 0 Å². The first-order valence-electron chi connectivity index (χ1n) is 3.54. The first-order valence-corrected chi connectivity index (χ1v) is 4.76. The Labute approximate surface area is 74.0 Å². The van der Waals surface area contributed by atoms with Crippen molar-refractivity contribution in [3.8, 4) is 0 Å². The third-order valence-electron chi connectivity index (χ3n) is 1.66. The number of fused-ring (bicyclic) bond motifs is 1. The van der Waals surface area contributed by atoms with E-state index in [2.05, 4.69) is 15.3 Å². The SMILES string of the molecule is CSc1nnc(C)c2ccnn12. The van der Waals surface area contributed by atoms with Gasteiger partial charge in [0.25, 0.3) is 0 Å². The lowest BCUT2D eigenvalue weighted by atomic mass is 10.4. The van der Waals surface area contributed by atoms with Crippen LogP contribution in [0, 0.1) is 6.92 Å². The Morgan fingerprint density at radius 1 is 1.42 bits per heavy atom. The van der Waals surface area contributed by atoms with E-state index in [1.54, 1.807) is 10.7 Å². The normalized spacial score (nSPS) is 10.8. The van der Waals surface area contributed by atoms with Gasteiger partial charge in [-0.3, -0.25) is 0 Å². The van der Waals surface area contributed by atoms with Crippen molar-refractivity contribution in [2.24, 2.45) is 0 Å². The summed E-state index contributed by atoms with van der Waals surface area (Å²) in [7, 11) is 0. The van der Waals surface area contributed by atoms with Crippen LogP contribution >= 0.6 is 11.8 Å². The van der Waals surface area contributed by atoms with Crippen molar-refractivity contribution in [1.82, 2.24) is 19.8 Å². The molecule has 4 nitrogen and oxygen atoms in total. The molecular formula is C7H8N4S. The number of aryl methyl sites for hydroxylation is 1. The van der Waals surface area contributed by atoms with E-state index in [0.29, 0.717) is 0 Å². The molecule has 2 aromatic heterocycles. The minimum atomic E-state index is 0.820. The van der Waals surface area contributed by atoms with E-state index in [0.717, 1.165) is 16.4 Å². The van der Waals surface area contributed by atoms with Gasteiger partial charge in [0.2, 0.25) is 5.16 Å². The predicted octanol–water partition coefficient (Wildman–Crippen LogP) is 1.15. The lowest BCUT2D eigenvalue weighted by Gasteiger charge is -1.99. The molecule has 0 saturated carbocycles. The second-order valence-electron chi connectivity index (χ2n) is 2.40. The molecule has 2 aromatic rings. The zero-order valence-electron chi connectivity index (χ0n) is 6.85. The molecule has 0 radical (unpaired) electrons. The zero-order valence-corrected chi connectivity index (χ0v) is 7.67. The van der Waals surface area contributed by atoms with E-state index in [-0.39, 0.29) is 0 Å². The van der Waals surface area contributed by atoms with Gasteiger partial charge >= 0.3 is 0 Å². The second kappa shape index (κ2) is 2.75. The Kier molecular flexibility index (Phi) is 1.73. The van der Waals surface area contributed by atoms with Crippen molar-refractivity contribution >= 4 is 17.3 Å². The molecular weight excluding hydrogens is 172 g/mol. The minimum absolute atomic E-state index is 0.820. The maximum absolute atomic E-state index is 4.14.